The molecule has 0 aliphatic heterocycles. The molecule has 39 heavy (non-hydrogen) atoms. The van der Waals surface area contributed by atoms with Crippen LogP contribution in [-0.2, 0) is 19.2 Å². The number of amides is 2. The zero-order valence-corrected chi connectivity index (χ0v) is 25.7. The molecule has 0 bridgehead atoms. The number of Topliss-reactive ketones (excluding diaryl/α,β-unsaturated/α-hetero) is 2. The van der Waals surface area contributed by atoms with Gasteiger partial charge in [0.15, 0.2) is 0 Å². The molecular formula is C33H59N2O4-. The predicted molar refractivity (Wildman–Crippen MR) is 170 cm³/mol. The molecule has 2 aromatic rings. The van der Waals surface area contributed by atoms with Gasteiger partial charge in [-0.05, 0) is 27.7 Å². The lowest BCUT2D eigenvalue weighted by Crippen LogP contribution is -2.24. The quantitative estimate of drug-likeness (QED) is 0.294. The molecule has 2 rings (SSSR count). The number of rotatable bonds is 5. The number of nitrogens with one attached hydrogen (secondary N) is 2. The molecule has 0 spiro atoms. The van der Waals surface area contributed by atoms with E-state index in [0.717, 1.165) is 6.54 Å². The van der Waals surface area contributed by atoms with Gasteiger partial charge in [0, 0.05) is 26.4 Å². The lowest BCUT2D eigenvalue weighted by molar-refractivity contribution is -0.127. The van der Waals surface area contributed by atoms with Gasteiger partial charge in [-0.2, -0.15) is 36.4 Å². The van der Waals surface area contributed by atoms with Crippen molar-refractivity contribution < 1.29 is 19.2 Å². The third kappa shape index (κ3) is 86.6. The third-order valence-corrected chi connectivity index (χ3v) is 2.98. The van der Waals surface area contributed by atoms with Crippen LogP contribution in [0.5, 0.6) is 0 Å². The van der Waals surface area contributed by atoms with E-state index in [1.54, 1.807) is 6.92 Å². The fourth-order valence-electron chi connectivity index (χ4n) is 1.46. The lowest BCUT2D eigenvalue weighted by atomic mass is 10.3. The van der Waals surface area contributed by atoms with E-state index < -0.39 is 0 Å². The number of benzene rings is 2. The second-order valence-corrected chi connectivity index (χ2v) is 7.62. The molecule has 0 aliphatic carbocycles. The summed E-state index contributed by atoms with van der Waals surface area (Å²) in [7, 11) is 0. The molecule has 0 fully saturated rings. The van der Waals surface area contributed by atoms with Gasteiger partial charge in [0.1, 0.15) is 11.6 Å². The minimum absolute atomic E-state index is 0. The molecule has 0 aromatic heterocycles. The van der Waals surface area contributed by atoms with Crippen molar-refractivity contribution in [2.45, 2.75) is 102 Å². The van der Waals surface area contributed by atoms with E-state index in [0.29, 0.717) is 13.0 Å². The average Bonchev–Trinajstić information content (AvgIpc) is 2.88. The van der Waals surface area contributed by atoms with Gasteiger partial charge < -0.3 is 15.4 Å². The summed E-state index contributed by atoms with van der Waals surface area (Å²) in [6, 6.07) is 24.5. The van der Waals surface area contributed by atoms with Gasteiger partial charge in [-0.25, -0.2) is 0 Å². The van der Waals surface area contributed by atoms with Crippen LogP contribution < -0.4 is 10.6 Å². The van der Waals surface area contributed by atoms with Gasteiger partial charge >= 0.3 is 0 Å². The zero-order valence-electron chi connectivity index (χ0n) is 25.7. The predicted octanol–water partition coefficient (Wildman–Crippen LogP) is 7.87. The Morgan fingerprint density at radius 1 is 0.564 bits per heavy atom. The van der Waals surface area contributed by atoms with E-state index in [1.807, 2.05) is 87.5 Å². The largest absolute Gasteiger partial charge is 0.357 e. The number of carbonyl (C=O) groups is 4. The molecule has 0 saturated heterocycles. The van der Waals surface area contributed by atoms with Crippen molar-refractivity contribution in [2.24, 2.45) is 0 Å². The zero-order chi connectivity index (χ0) is 30.5. The maximum Gasteiger partial charge on any atom is 0.227 e. The molecule has 2 aromatic carbocycles. The first-order valence-electron chi connectivity index (χ1n) is 13.4. The summed E-state index contributed by atoms with van der Waals surface area (Å²) in [6.07, 6.45) is 3.17. The van der Waals surface area contributed by atoms with E-state index in [4.69, 9.17) is 0 Å². The molecule has 6 nitrogen and oxygen atoms in total. The highest BCUT2D eigenvalue weighted by molar-refractivity contribution is 5.96. The molecule has 0 saturated carbocycles. The smallest absolute Gasteiger partial charge is 0.227 e. The SMILES string of the molecule is C.CCC.CCC.CCC(C)=O.CCNC(=O)CC(C)=O.CCNC(C)=O.[c-]1ccccc1.c1ccccc1. The minimum atomic E-state index is -0.190. The Bertz CT molecular complexity index is 634. The maximum atomic E-state index is 10.5. The fourth-order valence-corrected chi connectivity index (χ4v) is 1.46. The average molecular weight is 548 g/mol. The molecule has 6 heteroatoms. The van der Waals surface area contributed by atoms with E-state index in [9.17, 15) is 19.2 Å². The van der Waals surface area contributed by atoms with Gasteiger partial charge in [0.2, 0.25) is 11.8 Å². The summed E-state index contributed by atoms with van der Waals surface area (Å²) in [6.45, 7) is 19.9. The molecule has 2 amide bonds. The standard InChI is InChI=1S/C6H11NO2.C6H6.C6H5.C4H9NO.C4H8O.2C3H8.CH4/c1-3-7-6(9)4-5(2)8;2*1-2-4-6-5-3-1;1-3-5-4(2)6;1-3-4(2)5;2*1-3-2;/h3-4H2,1-2H3,(H,7,9);1-6H;1-5H;3H2,1-2H3,(H,5,6);3H2,1-2H3;2*3H2,1-2H3;1H4/q;;-1;;;;;. The van der Waals surface area contributed by atoms with Gasteiger partial charge in [-0.1, -0.05) is 91.3 Å². The first kappa shape index (κ1) is 48.7. The highest BCUT2D eigenvalue weighted by atomic mass is 16.2. The monoisotopic (exact) mass is 547 g/mol. The second-order valence-electron chi connectivity index (χ2n) is 7.62. The number of carbonyl (C=O) groups excluding carboxylic acids is 4. The van der Waals surface area contributed by atoms with E-state index in [-0.39, 0.29) is 37.2 Å². The Labute approximate surface area is 241 Å². The first-order valence-corrected chi connectivity index (χ1v) is 13.4. The van der Waals surface area contributed by atoms with Crippen LogP contribution in [0.4, 0.5) is 0 Å². The van der Waals surface area contributed by atoms with E-state index in [1.165, 1.54) is 26.7 Å². The van der Waals surface area contributed by atoms with Crippen molar-refractivity contribution in [3.05, 3.63) is 72.8 Å². The van der Waals surface area contributed by atoms with Crippen molar-refractivity contribution in [1.29, 1.82) is 0 Å². The number of hydrogen-bond donors (Lipinski definition) is 2. The number of ketones is 2. The van der Waals surface area contributed by atoms with Crippen LogP contribution in [0.1, 0.15) is 102 Å². The van der Waals surface area contributed by atoms with Crippen molar-refractivity contribution in [2.75, 3.05) is 13.1 Å². The highest BCUT2D eigenvalue weighted by Crippen LogP contribution is 1.80. The van der Waals surface area contributed by atoms with Crippen LogP contribution in [0.2, 0.25) is 0 Å². The molecule has 2 N–H and O–H groups in total. The van der Waals surface area contributed by atoms with Crippen LogP contribution in [-0.4, -0.2) is 36.5 Å². The summed E-state index contributed by atoms with van der Waals surface area (Å²) >= 11 is 0. The van der Waals surface area contributed by atoms with Crippen LogP contribution in [0.15, 0.2) is 66.7 Å². The lowest BCUT2D eigenvalue weighted by Gasteiger charge is -1.96. The normalized spacial score (nSPS) is 7.54. The van der Waals surface area contributed by atoms with Gasteiger partial charge in [0.05, 0.1) is 6.42 Å². The Morgan fingerprint density at radius 3 is 1.00 bits per heavy atom. The van der Waals surface area contributed by atoms with Crippen LogP contribution in [0.25, 0.3) is 0 Å². The van der Waals surface area contributed by atoms with Crippen molar-refractivity contribution in [1.82, 2.24) is 10.6 Å². The molecule has 226 valence electrons. The third-order valence-electron chi connectivity index (χ3n) is 2.98. The van der Waals surface area contributed by atoms with Crippen molar-refractivity contribution in [3.63, 3.8) is 0 Å². The molecule has 0 atom stereocenters. The van der Waals surface area contributed by atoms with Gasteiger partial charge in [0.25, 0.3) is 0 Å². The molecule has 0 unspecified atom stereocenters. The minimum Gasteiger partial charge on any atom is -0.357 e. The summed E-state index contributed by atoms with van der Waals surface area (Å²) in [5.41, 5.74) is 0. The van der Waals surface area contributed by atoms with E-state index in [2.05, 4.69) is 44.4 Å². The van der Waals surface area contributed by atoms with E-state index >= 15 is 0 Å². The Kier molecular flexibility index (Phi) is 59.8. The van der Waals surface area contributed by atoms with Gasteiger partial charge in [-0.15, -0.1) is 0 Å². The summed E-state index contributed by atoms with van der Waals surface area (Å²) < 4.78 is 0. The van der Waals surface area contributed by atoms with Gasteiger partial charge in [-0.3, -0.25) is 14.4 Å². The summed E-state index contributed by atoms with van der Waals surface area (Å²) in [5, 5.41) is 5.09. The van der Waals surface area contributed by atoms with Crippen LogP contribution in [0, 0.1) is 6.07 Å². The fraction of sp³-hybridized carbons (Fsp3) is 0.515. The van der Waals surface area contributed by atoms with Crippen molar-refractivity contribution >= 4 is 23.4 Å². The molecule has 0 radical (unpaired) electrons. The molecule has 0 heterocycles. The topological polar surface area (TPSA) is 92.3 Å². The maximum absolute atomic E-state index is 10.5. The van der Waals surface area contributed by atoms with Crippen LogP contribution in [0.3, 0.4) is 0 Å². The molecule has 0 aliphatic rings. The van der Waals surface area contributed by atoms with Crippen molar-refractivity contribution in [3.8, 4) is 0 Å². The second kappa shape index (κ2) is 47.9. The Morgan fingerprint density at radius 2 is 0.872 bits per heavy atom. The Hall–Kier alpha value is -3.28. The van der Waals surface area contributed by atoms with Crippen LogP contribution >= 0.6 is 0 Å². The Balaban J connectivity index is -0.0000000834. The molecular weight excluding hydrogens is 488 g/mol. The highest BCUT2D eigenvalue weighted by Gasteiger charge is 2.00. The summed E-state index contributed by atoms with van der Waals surface area (Å²) in [4.78, 5) is 40.5. The summed E-state index contributed by atoms with van der Waals surface area (Å²) in [5.74, 6) is 0.00782. The first-order chi connectivity index (χ1) is 18.0. The number of hydrogen-bond acceptors (Lipinski definition) is 4.